The van der Waals surface area contributed by atoms with Gasteiger partial charge in [0.15, 0.2) is 0 Å². The number of hydrogen-bond acceptors (Lipinski definition) is 2. The van der Waals surface area contributed by atoms with Crippen molar-refractivity contribution < 1.29 is 5.11 Å². The zero-order valence-corrected chi connectivity index (χ0v) is 11.9. The summed E-state index contributed by atoms with van der Waals surface area (Å²) in [6, 6.07) is 10.5. The second-order valence-electron chi connectivity index (χ2n) is 4.77. The molecular formula is C15H24OS. The van der Waals surface area contributed by atoms with Crippen molar-refractivity contribution >= 4 is 11.8 Å². The van der Waals surface area contributed by atoms with E-state index >= 15 is 0 Å². The number of hydrogen-bond donors (Lipinski definition) is 1. The van der Waals surface area contributed by atoms with Gasteiger partial charge in [-0.25, -0.2) is 0 Å². The predicted octanol–water partition coefficient (Wildman–Crippen LogP) is 3.90. The fourth-order valence-electron chi connectivity index (χ4n) is 1.95. The Labute approximate surface area is 110 Å². The molecule has 1 aromatic carbocycles. The minimum atomic E-state index is -0.187. The van der Waals surface area contributed by atoms with Gasteiger partial charge in [0.2, 0.25) is 0 Å². The van der Waals surface area contributed by atoms with E-state index < -0.39 is 0 Å². The summed E-state index contributed by atoms with van der Waals surface area (Å²) in [5.41, 5.74) is 1.32. The molecular weight excluding hydrogens is 228 g/mol. The van der Waals surface area contributed by atoms with Crippen LogP contribution in [0.4, 0.5) is 0 Å². The van der Waals surface area contributed by atoms with Crippen molar-refractivity contribution in [1.29, 1.82) is 0 Å². The van der Waals surface area contributed by atoms with Gasteiger partial charge in [-0.3, -0.25) is 0 Å². The summed E-state index contributed by atoms with van der Waals surface area (Å²) in [6.45, 7) is 6.52. The average molecular weight is 252 g/mol. The molecule has 1 N–H and O–H groups in total. The molecule has 2 atom stereocenters. The minimum absolute atomic E-state index is 0.187. The molecule has 0 amide bonds. The van der Waals surface area contributed by atoms with Crippen LogP contribution in [0.15, 0.2) is 30.3 Å². The Balaban J connectivity index is 2.63. The van der Waals surface area contributed by atoms with Gasteiger partial charge in [0.25, 0.3) is 0 Å². The summed E-state index contributed by atoms with van der Waals surface area (Å²) in [5, 5.41) is 11.1. The molecule has 0 aromatic heterocycles. The summed E-state index contributed by atoms with van der Waals surface area (Å²) in [5.74, 6) is 0. The van der Waals surface area contributed by atoms with Gasteiger partial charge in [-0.15, -0.1) is 0 Å². The van der Waals surface area contributed by atoms with E-state index in [0.29, 0.717) is 10.5 Å². The van der Waals surface area contributed by atoms with Crippen molar-refractivity contribution in [2.75, 3.05) is 0 Å². The topological polar surface area (TPSA) is 20.2 Å². The minimum Gasteiger partial charge on any atom is -0.392 e. The summed E-state index contributed by atoms with van der Waals surface area (Å²) in [7, 11) is 0. The maximum atomic E-state index is 10.2. The monoisotopic (exact) mass is 252 g/mol. The van der Waals surface area contributed by atoms with E-state index in [-0.39, 0.29) is 6.10 Å². The first-order valence-electron chi connectivity index (χ1n) is 6.51. The molecule has 0 fully saturated rings. The van der Waals surface area contributed by atoms with Gasteiger partial charge in [-0.05, 0) is 23.7 Å². The fraction of sp³-hybridized carbons (Fsp3) is 0.600. The second-order valence-corrected chi connectivity index (χ2v) is 6.59. The summed E-state index contributed by atoms with van der Waals surface area (Å²) < 4.78 is 0. The number of rotatable bonds is 7. The van der Waals surface area contributed by atoms with Gasteiger partial charge < -0.3 is 5.11 Å². The molecule has 0 unspecified atom stereocenters. The molecule has 17 heavy (non-hydrogen) atoms. The predicted molar refractivity (Wildman–Crippen MR) is 77.6 cm³/mol. The van der Waals surface area contributed by atoms with Crippen molar-refractivity contribution in [2.24, 2.45) is 0 Å². The first-order chi connectivity index (χ1) is 8.13. The van der Waals surface area contributed by atoms with E-state index in [4.69, 9.17) is 0 Å². The van der Waals surface area contributed by atoms with Crippen LogP contribution in [0.25, 0.3) is 0 Å². The van der Waals surface area contributed by atoms with E-state index in [1.165, 1.54) is 5.56 Å². The van der Waals surface area contributed by atoms with Crippen LogP contribution in [-0.4, -0.2) is 21.7 Å². The Morgan fingerprint density at radius 2 is 1.82 bits per heavy atom. The molecule has 0 spiro atoms. The maximum absolute atomic E-state index is 10.2. The lowest BCUT2D eigenvalue weighted by Gasteiger charge is -2.24. The van der Waals surface area contributed by atoms with Crippen molar-refractivity contribution in [2.45, 2.75) is 56.6 Å². The normalized spacial score (nSPS) is 14.9. The van der Waals surface area contributed by atoms with E-state index in [0.717, 1.165) is 19.3 Å². The van der Waals surface area contributed by atoms with Crippen molar-refractivity contribution in [3.63, 3.8) is 0 Å². The van der Waals surface area contributed by atoms with Crippen LogP contribution in [0.3, 0.4) is 0 Å². The van der Waals surface area contributed by atoms with E-state index in [1.807, 2.05) is 17.8 Å². The number of aliphatic hydroxyl groups is 1. The SMILES string of the molecule is CCC[C@H](O)[C@H](Cc1ccccc1)SC(C)C. The molecule has 0 saturated heterocycles. The van der Waals surface area contributed by atoms with Crippen LogP contribution in [0.2, 0.25) is 0 Å². The fourth-order valence-corrected chi connectivity index (χ4v) is 3.26. The molecule has 0 aliphatic carbocycles. The first kappa shape index (κ1) is 14.6. The number of benzene rings is 1. The quantitative estimate of drug-likeness (QED) is 0.794. The third-order valence-corrected chi connectivity index (χ3v) is 4.12. The van der Waals surface area contributed by atoms with Crippen molar-refractivity contribution in [1.82, 2.24) is 0 Å². The Hall–Kier alpha value is -0.470. The van der Waals surface area contributed by atoms with E-state index in [9.17, 15) is 5.11 Å². The molecule has 0 bridgehead atoms. The highest BCUT2D eigenvalue weighted by Gasteiger charge is 2.20. The molecule has 0 heterocycles. The van der Waals surface area contributed by atoms with E-state index in [1.54, 1.807) is 0 Å². The molecule has 1 aromatic rings. The largest absolute Gasteiger partial charge is 0.392 e. The molecule has 0 aliphatic heterocycles. The number of thioether (sulfide) groups is 1. The number of aliphatic hydroxyl groups excluding tert-OH is 1. The van der Waals surface area contributed by atoms with Crippen LogP contribution < -0.4 is 0 Å². The van der Waals surface area contributed by atoms with E-state index in [2.05, 4.69) is 45.0 Å². The van der Waals surface area contributed by atoms with Crippen molar-refractivity contribution in [3.8, 4) is 0 Å². The zero-order chi connectivity index (χ0) is 12.7. The molecule has 0 saturated carbocycles. The van der Waals surface area contributed by atoms with Crippen LogP contribution >= 0.6 is 11.8 Å². The van der Waals surface area contributed by atoms with Crippen LogP contribution in [0.1, 0.15) is 39.2 Å². The summed E-state index contributed by atoms with van der Waals surface area (Å²) in [4.78, 5) is 0. The van der Waals surface area contributed by atoms with Gasteiger partial charge in [-0.1, -0.05) is 57.5 Å². The lowest BCUT2D eigenvalue weighted by atomic mass is 10.0. The highest BCUT2D eigenvalue weighted by Crippen LogP contribution is 2.26. The lowest BCUT2D eigenvalue weighted by Crippen LogP contribution is -2.26. The molecule has 96 valence electrons. The first-order valence-corrected chi connectivity index (χ1v) is 7.45. The Morgan fingerprint density at radius 3 is 2.35 bits per heavy atom. The molecule has 2 heteroatoms. The third kappa shape index (κ3) is 5.60. The Bertz CT molecular complexity index is 297. The second kappa shape index (κ2) is 7.78. The Morgan fingerprint density at radius 1 is 1.18 bits per heavy atom. The zero-order valence-electron chi connectivity index (χ0n) is 11.1. The lowest BCUT2D eigenvalue weighted by molar-refractivity contribution is 0.159. The molecule has 0 aliphatic rings. The van der Waals surface area contributed by atoms with Crippen LogP contribution in [0.5, 0.6) is 0 Å². The van der Waals surface area contributed by atoms with Gasteiger partial charge in [-0.2, -0.15) is 11.8 Å². The Kier molecular flexibility index (Phi) is 6.68. The van der Waals surface area contributed by atoms with Crippen LogP contribution in [-0.2, 0) is 6.42 Å². The van der Waals surface area contributed by atoms with Crippen LogP contribution in [0, 0.1) is 0 Å². The molecule has 1 rings (SSSR count). The van der Waals surface area contributed by atoms with Gasteiger partial charge in [0.05, 0.1) is 6.10 Å². The van der Waals surface area contributed by atoms with Gasteiger partial charge >= 0.3 is 0 Å². The highest BCUT2D eigenvalue weighted by atomic mass is 32.2. The standard InChI is InChI=1S/C15H24OS/c1-4-8-14(16)15(17-12(2)3)11-13-9-6-5-7-10-13/h5-7,9-10,12,14-16H,4,8,11H2,1-3H3/t14-,15-/m0/s1. The maximum Gasteiger partial charge on any atom is 0.0662 e. The smallest absolute Gasteiger partial charge is 0.0662 e. The summed E-state index contributed by atoms with van der Waals surface area (Å²) >= 11 is 1.89. The molecule has 1 nitrogen and oxygen atoms in total. The summed E-state index contributed by atoms with van der Waals surface area (Å²) in [6.07, 6.45) is 2.72. The van der Waals surface area contributed by atoms with Gasteiger partial charge in [0, 0.05) is 5.25 Å². The molecule has 0 radical (unpaired) electrons. The third-order valence-electron chi connectivity index (χ3n) is 2.74. The average Bonchev–Trinajstić information content (AvgIpc) is 2.29. The highest BCUT2D eigenvalue weighted by molar-refractivity contribution is 8.00. The van der Waals surface area contributed by atoms with Gasteiger partial charge in [0.1, 0.15) is 0 Å². The van der Waals surface area contributed by atoms with Crippen molar-refractivity contribution in [3.05, 3.63) is 35.9 Å².